The van der Waals surface area contributed by atoms with E-state index in [9.17, 15) is 0 Å². The highest BCUT2D eigenvalue weighted by molar-refractivity contribution is 6.32. The molecule has 0 spiro atoms. The molecule has 0 aliphatic heterocycles. The molecule has 88 valence electrons. The van der Waals surface area contributed by atoms with Crippen molar-refractivity contribution in [3.8, 4) is 16.8 Å². The Morgan fingerprint density at radius 2 is 1.56 bits per heavy atom. The minimum absolute atomic E-state index is 0.695. The lowest BCUT2D eigenvalue weighted by atomic mass is 10.1. The van der Waals surface area contributed by atoms with E-state index in [4.69, 9.17) is 11.6 Å². The Kier molecular flexibility index (Phi) is 2.87. The van der Waals surface area contributed by atoms with Crippen molar-refractivity contribution in [3.05, 3.63) is 72.0 Å². The molecule has 18 heavy (non-hydrogen) atoms. The van der Waals surface area contributed by atoms with Gasteiger partial charge in [0, 0.05) is 11.8 Å². The SMILES string of the molecule is Clc1ccccc1-n1cc(-c2ccccc2)cn1. The summed E-state index contributed by atoms with van der Waals surface area (Å²) in [7, 11) is 0. The Morgan fingerprint density at radius 3 is 2.33 bits per heavy atom. The molecular weight excluding hydrogens is 244 g/mol. The Hall–Kier alpha value is -2.06. The van der Waals surface area contributed by atoms with E-state index >= 15 is 0 Å². The largest absolute Gasteiger partial charge is 0.239 e. The van der Waals surface area contributed by atoms with Gasteiger partial charge in [0.2, 0.25) is 0 Å². The molecule has 0 N–H and O–H groups in total. The van der Waals surface area contributed by atoms with Crippen LogP contribution in [0.4, 0.5) is 0 Å². The fraction of sp³-hybridized carbons (Fsp3) is 0. The van der Waals surface area contributed by atoms with Gasteiger partial charge >= 0.3 is 0 Å². The maximum Gasteiger partial charge on any atom is 0.0831 e. The molecule has 0 radical (unpaired) electrons. The van der Waals surface area contributed by atoms with Crippen LogP contribution in [0.2, 0.25) is 5.02 Å². The van der Waals surface area contributed by atoms with E-state index in [2.05, 4.69) is 17.2 Å². The summed E-state index contributed by atoms with van der Waals surface area (Å²) in [6.45, 7) is 0. The highest BCUT2D eigenvalue weighted by atomic mass is 35.5. The van der Waals surface area contributed by atoms with Crippen molar-refractivity contribution in [1.29, 1.82) is 0 Å². The molecule has 0 fully saturated rings. The topological polar surface area (TPSA) is 17.8 Å². The zero-order valence-corrected chi connectivity index (χ0v) is 10.4. The third-order valence-corrected chi connectivity index (χ3v) is 3.11. The molecule has 1 heterocycles. The third kappa shape index (κ3) is 2.03. The molecule has 3 heteroatoms. The smallest absolute Gasteiger partial charge is 0.0831 e. The van der Waals surface area contributed by atoms with Crippen molar-refractivity contribution >= 4 is 11.6 Å². The summed E-state index contributed by atoms with van der Waals surface area (Å²) in [5.41, 5.74) is 3.12. The van der Waals surface area contributed by atoms with E-state index in [1.54, 1.807) is 4.68 Å². The minimum atomic E-state index is 0.695. The second-order valence-electron chi connectivity index (χ2n) is 3.99. The molecule has 1 aromatic heterocycles. The van der Waals surface area contributed by atoms with Crippen molar-refractivity contribution in [3.63, 3.8) is 0 Å². The van der Waals surface area contributed by atoms with Gasteiger partial charge in [0.05, 0.1) is 16.9 Å². The lowest BCUT2D eigenvalue weighted by Crippen LogP contribution is -1.94. The molecule has 2 aromatic carbocycles. The van der Waals surface area contributed by atoms with Crippen LogP contribution >= 0.6 is 11.6 Å². The Bertz CT molecular complexity index is 659. The molecule has 3 rings (SSSR count). The lowest BCUT2D eigenvalue weighted by Gasteiger charge is -2.02. The van der Waals surface area contributed by atoms with E-state index in [1.807, 2.05) is 54.9 Å². The zero-order valence-electron chi connectivity index (χ0n) is 9.62. The fourth-order valence-electron chi connectivity index (χ4n) is 1.87. The predicted octanol–water partition coefficient (Wildman–Crippen LogP) is 4.19. The fourth-order valence-corrected chi connectivity index (χ4v) is 2.09. The van der Waals surface area contributed by atoms with E-state index in [-0.39, 0.29) is 0 Å². The summed E-state index contributed by atoms with van der Waals surface area (Å²) in [5.74, 6) is 0. The molecule has 0 saturated heterocycles. The summed E-state index contributed by atoms with van der Waals surface area (Å²) in [5, 5.41) is 5.05. The van der Waals surface area contributed by atoms with Gasteiger partial charge in [0.1, 0.15) is 0 Å². The number of hydrogen-bond donors (Lipinski definition) is 0. The molecule has 0 aliphatic carbocycles. The lowest BCUT2D eigenvalue weighted by molar-refractivity contribution is 0.881. The van der Waals surface area contributed by atoms with Gasteiger partial charge < -0.3 is 0 Å². The van der Waals surface area contributed by atoms with E-state index in [1.165, 1.54) is 0 Å². The van der Waals surface area contributed by atoms with Gasteiger partial charge in [0.25, 0.3) is 0 Å². The number of benzene rings is 2. The van der Waals surface area contributed by atoms with Gasteiger partial charge in [0.15, 0.2) is 0 Å². The van der Waals surface area contributed by atoms with Crippen LogP contribution in [-0.2, 0) is 0 Å². The molecule has 0 saturated carbocycles. The average Bonchev–Trinajstić information content (AvgIpc) is 2.90. The maximum absolute atomic E-state index is 6.15. The van der Waals surface area contributed by atoms with E-state index in [0.717, 1.165) is 16.8 Å². The second-order valence-corrected chi connectivity index (χ2v) is 4.40. The molecule has 0 amide bonds. The molecule has 0 aliphatic rings. The highest BCUT2D eigenvalue weighted by Crippen LogP contribution is 2.23. The quantitative estimate of drug-likeness (QED) is 0.670. The van der Waals surface area contributed by atoms with Crippen LogP contribution in [0.5, 0.6) is 0 Å². The molecule has 0 unspecified atom stereocenters. The summed E-state index contributed by atoms with van der Waals surface area (Å²) in [6.07, 6.45) is 3.83. The van der Waals surface area contributed by atoms with Crippen LogP contribution in [0.1, 0.15) is 0 Å². The highest BCUT2D eigenvalue weighted by Gasteiger charge is 2.05. The van der Waals surface area contributed by atoms with E-state index < -0.39 is 0 Å². The van der Waals surface area contributed by atoms with E-state index in [0.29, 0.717) is 5.02 Å². The number of aromatic nitrogens is 2. The number of rotatable bonds is 2. The number of nitrogens with zero attached hydrogens (tertiary/aromatic N) is 2. The van der Waals surface area contributed by atoms with Crippen LogP contribution in [0.25, 0.3) is 16.8 Å². The van der Waals surface area contributed by atoms with Crippen molar-refractivity contribution in [2.24, 2.45) is 0 Å². The second kappa shape index (κ2) is 4.67. The molecule has 2 nitrogen and oxygen atoms in total. The first kappa shape index (κ1) is 11.1. The maximum atomic E-state index is 6.15. The Labute approximate surface area is 110 Å². The van der Waals surface area contributed by atoms with Crippen LogP contribution in [0.15, 0.2) is 67.0 Å². The minimum Gasteiger partial charge on any atom is -0.239 e. The third-order valence-electron chi connectivity index (χ3n) is 2.79. The van der Waals surface area contributed by atoms with Crippen molar-refractivity contribution in [2.75, 3.05) is 0 Å². The summed E-state index contributed by atoms with van der Waals surface area (Å²) in [4.78, 5) is 0. The summed E-state index contributed by atoms with van der Waals surface area (Å²) < 4.78 is 1.80. The number of para-hydroxylation sites is 1. The van der Waals surface area contributed by atoms with Gasteiger partial charge in [-0.15, -0.1) is 0 Å². The zero-order chi connectivity index (χ0) is 12.4. The number of halogens is 1. The van der Waals surface area contributed by atoms with Crippen LogP contribution in [0, 0.1) is 0 Å². The van der Waals surface area contributed by atoms with Crippen LogP contribution in [0.3, 0.4) is 0 Å². The first-order valence-corrected chi connectivity index (χ1v) is 6.07. The van der Waals surface area contributed by atoms with Crippen LogP contribution < -0.4 is 0 Å². The van der Waals surface area contributed by atoms with Gasteiger partial charge in [-0.1, -0.05) is 54.1 Å². The summed E-state index contributed by atoms with van der Waals surface area (Å²) >= 11 is 6.15. The van der Waals surface area contributed by atoms with Gasteiger partial charge in [-0.2, -0.15) is 5.10 Å². The average molecular weight is 255 g/mol. The van der Waals surface area contributed by atoms with Crippen molar-refractivity contribution in [1.82, 2.24) is 9.78 Å². The predicted molar refractivity (Wildman–Crippen MR) is 74.0 cm³/mol. The summed E-state index contributed by atoms with van der Waals surface area (Å²) in [6, 6.07) is 17.8. The number of hydrogen-bond acceptors (Lipinski definition) is 1. The van der Waals surface area contributed by atoms with Crippen LogP contribution in [-0.4, -0.2) is 9.78 Å². The molecule has 0 atom stereocenters. The molecular formula is C15H11ClN2. The van der Waals surface area contributed by atoms with Gasteiger partial charge in [-0.25, -0.2) is 4.68 Å². The van der Waals surface area contributed by atoms with Crippen molar-refractivity contribution in [2.45, 2.75) is 0 Å². The molecule has 0 bridgehead atoms. The van der Waals surface area contributed by atoms with Crippen molar-refractivity contribution < 1.29 is 0 Å². The Balaban J connectivity index is 2.03. The van der Waals surface area contributed by atoms with Gasteiger partial charge in [-0.05, 0) is 17.7 Å². The first-order chi connectivity index (χ1) is 8.84. The standard InChI is InChI=1S/C15H11ClN2/c16-14-8-4-5-9-15(14)18-11-13(10-17-18)12-6-2-1-3-7-12/h1-11H. The normalized spacial score (nSPS) is 10.5. The first-order valence-electron chi connectivity index (χ1n) is 5.69. The molecule has 3 aromatic rings. The monoisotopic (exact) mass is 254 g/mol. The Morgan fingerprint density at radius 1 is 0.833 bits per heavy atom. The van der Waals surface area contributed by atoms with Gasteiger partial charge in [-0.3, -0.25) is 0 Å².